The maximum absolute atomic E-state index is 13.9. The van der Waals surface area contributed by atoms with Crippen LogP contribution in [0.25, 0.3) is 11.2 Å². The Kier molecular flexibility index (Phi) is 4.50. The third kappa shape index (κ3) is 3.08. The number of carbonyl (C=O) groups excluding carboxylic acids is 1. The van der Waals surface area contributed by atoms with E-state index in [1.807, 2.05) is 0 Å². The Morgan fingerprint density at radius 1 is 1.11 bits per heavy atom. The molecule has 0 spiro atoms. The van der Waals surface area contributed by atoms with Gasteiger partial charge in [0.25, 0.3) is 11.5 Å². The molecule has 0 N–H and O–H groups in total. The molecule has 1 aromatic carbocycles. The van der Waals surface area contributed by atoms with Crippen LogP contribution >= 0.6 is 0 Å². The minimum atomic E-state index is -0.758. The predicted octanol–water partition coefficient (Wildman–Crippen LogP) is 1.57. The lowest BCUT2D eigenvalue weighted by Crippen LogP contribution is -2.50. The first kappa shape index (κ1) is 18.0. The lowest BCUT2D eigenvalue weighted by atomic mass is 10.1. The highest BCUT2D eigenvalue weighted by atomic mass is 19.1. The zero-order valence-corrected chi connectivity index (χ0v) is 15.1. The van der Waals surface area contributed by atoms with Crippen LogP contribution in [0.4, 0.5) is 14.6 Å². The number of amides is 1. The Labute approximate surface area is 158 Å². The van der Waals surface area contributed by atoms with E-state index in [-0.39, 0.29) is 30.0 Å². The molecule has 4 rings (SSSR count). The van der Waals surface area contributed by atoms with E-state index in [0.29, 0.717) is 24.3 Å². The van der Waals surface area contributed by atoms with E-state index in [4.69, 9.17) is 0 Å². The van der Waals surface area contributed by atoms with Crippen molar-refractivity contribution in [3.8, 4) is 0 Å². The maximum atomic E-state index is 13.9. The average molecular weight is 385 g/mol. The molecule has 0 atom stereocenters. The van der Waals surface area contributed by atoms with Crippen LogP contribution in [0.3, 0.4) is 0 Å². The number of aryl methyl sites for hydroxylation is 1. The first-order valence-corrected chi connectivity index (χ1v) is 8.77. The van der Waals surface area contributed by atoms with E-state index in [1.54, 1.807) is 30.3 Å². The SMILES string of the molecule is Cn1c(=O)c(N2CCN(C(=O)c3cc(F)ccc3F)CC2)nc2cccnc21. The van der Waals surface area contributed by atoms with Crippen LogP contribution in [0.5, 0.6) is 0 Å². The lowest BCUT2D eigenvalue weighted by molar-refractivity contribution is 0.0741. The van der Waals surface area contributed by atoms with Gasteiger partial charge in [0.2, 0.25) is 0 Å². The van der Waals surface area contributed by atoms with Gasteiger partial charge in [0, 0.05) is 39.4 Å². The van der Waals surface area contributed by atoms with Crippen molar-refractivity contribution in [2.24, 2.45) is 7.05 Å². The van der Waals surface area contributed by atoms with E-state index in [1.165, 1.54) is 9.47 Å². The third-order valence-electron chi connectivity index (χ3n) is 4.83. The Morgan fingerprint density at radius 2 is 1.86 bits per heavy atom. The number of benzene rings is 1. The van der Waals surface area contributed by atoms with Crippen molar-refractivity contribution in [1.29, 1.82) is 0 Å². The van der Waals surface area contributed by atoms with Crippen molar-refractivity contribution in [3.05, 3.63) is 64.1 Å². The molecule has 1 fully saturated rings. The summed E-state index contributed by atoms with van der Waals surface area (Å²) in [7, 11) is 1.63. The Balaban J connectivity index is 1.55. The molecule has 1 amide bonds. The third-order valence-corrected chi connectivity index (χ3v) is 4.83. The van der Waals surface area contributed by atoms with Crippen molar-refractivity contribution in [1.82, 2.24) is 19.4 Å². The van der Waals surface area contributed by atoms with Gasteiger partial charge in [-0.2, -0.15) is 0 Å². The fourth-order valence-electron chi connectivity index (χ4n) is 3.30. The highest BCUT2D eigenvalue weighted by Gasteiger charge is 2.26. The summed E-state index contributed by atoms with van der Waals surface area (Å²) >= 11 is 0. The van der Waals surface area contributed by atoms with Crippen LogP contribution in [0.15, 0.2) is 41.3 Å². The van der Waals surface area contributed by atoms with Gasteiger partial charge in [0.05, 0.1) is 5.56 Å². The fraction of sp³-hybridized carbons (Fsp3) is 0.263. The number of carbonyl (C=O) groups is 1. The van der Waals surface area contributed by atoms with Gasteiger partial charge in [-0.1, -0.05) is 0 Å². The molecular weight excluding hydrogens is 368 g/mol. The number of rotatable bonds is 2. The molecule has 28 heavy (non-hydrogen) atoms. The second-order valence-electron chi connectivity index (χ2n) is 6.55. The fourth-order valence-corrected chi connectivity index (χ4v) is 3.30. The van der Waals surface area contributed by atoms with Gasteiger partial charge in [0.15, 0.2) is 11.5 Å². The van der Waals surface area contributed by atoms with Crippen LogP contribution in [-0.2, 0) is 7.05 Å². The Morgan fingerprint density at radius 3 is 2.61 bits per heavy atom. The minimum Gasteiger partial charge on any atom is -0.348 e. The van der Waals surface area contributed by atoms with Crippen LogP contribution in [0, 0.1) is 11.6 Å². The molecule has 0 aliphatic carbocycles. The second kappa shape index (κ2) is 6.99. The monoisotopic (exact) mass is 385 g/mol. The van der Waals surface area contributed by atoms with Crippen molar-refractivity contribution in [2.75, 3.05) is 31.1 Å². The number of piperazine rings is 1. The molecule has 1 aliphatic heterocycles. The van der Waals surface area contributed by atoms with E-state index in [0.717, 1.165) is 18.2 Å². The Hall–Kier alpha value is -3.36. The van der Waals surface area contributed by atoms with E-state index >= 15 is 0 Å². The van der Waals surface area contributed by atoms with Crippen LogP contribution in [0.1, 0.15) is 10.4 Å². The topological polar surface area (TPSA) is 71.3 Å². The van der Waals surface area contributed by atoms with Gasteiger partial charge in [-0.05, 0) is 30.3 Å². The molecular formula is C19H17F2N5O2. The molecule has 1 aliphatic rings. The number of hydrogen-bond acceptors (Lipinski definition) is 5. The largest absolute Gasteiger partial charge is 0.348 e. The molecule has 0 unspecified atom stereocenters. The lowest BCUT2D eigenvalue weighted by Gasteiger charge is -2.35. The molecule has 144 valence electrons. The zero-order chi connectivity index (χ0) is 19.8. The standard InChI is InChI=1S/C19H17F2N5O2/c1-24-16-15(3-2-6-22-16)23-17(19(24)28)25-7-9-26(10-8-25)18(27)13-11-12(20)4-5-14(13)21/h2-6,11H,7-10H2,1H3. The van der Waals surface area contributed by atoms with Crippen LogP contribution in [0.2, 0.25) is 0 Å². The summed E-state index contributed by atoms with van der Waals surface area (Å²) in [5, 5.41) is 0. The first-order valence-electron chi connectivity index (χ1n) is 8.77. The summed E-state index contributed by atoms with van der Waals surface area (Å²) in [6.45, 7) is 1.25. The van der Waals surface area contributed by atoms with Gasteiger partial charge in [0.1, 0.15) is 17.2 Å². The number of nitrogens with zero attached hydrogens (tertiary/aromatic N) is 5. The maximum Gasteiger partial charge on any atom is 0.294 e. The summed E-state index contributed by atoms with van der Waals surface area (Å²) in [5.74, 6) is -1.71. The average Bonchev–Trinajstić information content (AvgIpc) is 2.72. The quantitative estimate of drug-likeness (QED) is 0.670. The highest BCUT2D eigenvalue weighted by Crippen LogP contribution is 2.17. The molecule has 9 heteroatoms. The molecule has 7 nitrogen and oxygen atoms in total. The van der Waals surface area contributed by atoms with Crippen molar-refractivity contribution >= 4 is 22.9 Å². The summed E-state index contributed by atoms with van der Waals surface area (Å²) in [5.41, 5.74) is 0.521. The molecule has 1 saturated heterocycles. The van der Waals surface area contributed by atoms with Crippen LogP contribution < -0.4 is 10.5 Å². The first-order chi connectivity index (χ1) is 13.5. The molecule has 3 aromatic rings. The normalized spacial score (nSPS) is 14.5. The van der Waals surface area contributed by atoms with Crippen molar-refractivity contribution in [2.45, 2.75) is 0 Å². The second-order valence-corrected chi connectivity index (χ2v) is 6.55. The molecule has 0 bridgehead atoms. The summed E-state index contributed by atoms with van der Waals surface area (Å²) in [6.07, 6.45) is 1.60. The molecule has 2 aromatic heterocycles. The number of halogens is 2. The van der Waals surface area contributed by atoms with Crippen LogP contribution in [-0.4, -0.2) is 51.5 Å². The summed E-state index contributed by atoms with van der Waals surface area (Å²) < 4.78 is 28.7. The number of anilines is 1. The molecule has 0 saturated carbocycles. The van der Waals surface area contributed by atoms with Gasteiger partial charge in [-0.3, -0.25) is 14.2 Å². The van der Waals surface area contributed by atoms with Gasteiger partial charge >= 0.3 is 0 Å². The summed E-state index contributed by atoms with van der Waals surface area (Å²) in [6, 6.07) is 6.33. The van der Waals surface area contributed by atoms with Gasteiger partial charge in [-0.25, -0.2) is 18.7 Å². The Bertz CT molecular complexity index is 1120. The van der Waals surface area contributed by atoms with E-state index in [2.05, 4.69) is 9.97 Å². The number of hydrogen-bond donors (Lipinski definition) is 0. The number of aromatic nitrogens is 3. The highest BCUT2D eigenvalue weighted by molar-refractivity contribution is 5.94. The van der Waals surface area contributed by atoms with Gasteiger partial charge in [-0.15, -0.1) is 0 Å². The minimum absolute atomic E-state index is 0.269. The predicted molar refractivity (Wildman–Crippen MR) is 99.3 cm³/mol. The zero-order valence-electron chi connectivity index (χ0n) is 15.1. The summed E-state index contributed by atoms with van der Waals surface area (Å²) in [4.78, 5) is 37.0. The smallest absolute Gasteiger partial charge is 0.294 e. The number of fused-ring (bicyclic) bond motifs is 1. The molecule has 3 heterocycles. The van der Waals surface area contributed by atoms with Crippen molar-refractivity contribution in [3.63, 3.8) is 0 Å². The van der Waals surface area contributed by atoms with Crippen molar-refractivity contribution < 1.29 is 13.6 Å². The van der Waals surface area contributed by atoms with Gasteiger partial charge < -0.3 is 9.80 Å². The van der Waals surface area contributed by atoms with E-state index < -0.39 is 17.5 Å². The number of pyridine rings is 1. The molecule has 0 radical (unpaired) electrons. The van der Waals surface area contributed by atoms with E-state index in [9.17, 15) is 18.4 Å².